The fraction of sp³-hybridized carbons (Fsp3) is 0.632. The first-order valence-corrected chi connectivity index (χ1v) is 8.42. The van der Waals surface area contributed by atoms with Gasteiger partial charge < -0.3 is 4.90 Å². The summed E-state index contributed by atoms with van der Waals surface area (Å²) >= 11 is 0. The Kier molecular flexibility index (Phi) is 5.82. The highest BCUT2D eigenvalue weighted by atomic mass is 15.1. The molecule has 1 saturated heterocycles. The molecule has 1 fully saturated rings. The second-order valence-electron chi connectivity index (χ2n) is 6.41. The number of hydrogen-bond acceptors (Lipinski definition) is 2. The molecule has 0 aromatic heterocycles. The summed E-state index contributed by atoms with van der Waals surface area (Å²) in [6.07, 6.45) is 5.98. The number of hydrogen-bond donors (Lipinski definition) is 0. The first-order valence-electron chi connectivity index (χ1n) is 8.42. The highest BCUT2D eigenvalue weighted by Gasteiger charge is 2.37. The van der Waals surface area contributed by atoms with Gasteiger partial charge in [0.05, 0.1) is 11.5 Å². The Morgan fingerprint density at radius 3 is 2.43 bits per heavy atom. The van der Waals surface area contributed by atoms with Crippen molar-refractivity contribution in [2.45, 2.75) is 51.4 Å². The van der Waals surface area contributed by atoms with Crippen LogP contribution in [0, 0.1) is 17.2 Å². The Hall–Kier alpha value is -1.33. The highest BCUT2D eigenvalue weighted by molar-refractivity contribution is 5.33. The largest absolute Gasteiger partial charge is 0.303 e. The maximum absolute atomic E-state index is 9.99. The number of likely N-dealkylation sites (tertiary alicyclic amines) is 1. The molecule has 2 nitrogen and oxygen atoms in total. The van der Waals surface area contributed by atoms with Crippen LogP contribution in [0.15, 0.2) is 30.3 Å². The third-order valence-corrected chi connectivity index (χ3v) is 5.21. The maximum atomic E-state index is 9.99. The van der Waals surface area contributed by atoms with Crippen LogP contribution < -0.4 is 0 Å². The van der Waals surface area contributed by atoms with E-state index < -0.39 is 0 Å². The molecule has 2 unspecified atom stereocenters. The summed E-state index contributed by atoms with van der Waals surface area (Å²) < 4.78 is 0. The highest BCUT2D eigenvalue weighted by Crippen LogP contribution is 2.37. The maximum Gasteiger partial charge on any atom is 0.0859 e. The Bertz CT molecular complexity index is 456. The lowest BCUT2D eigenvalue weighted by molar-refractivity contribution is 0.198. The van der Waals surface area contributed by atoms with Crippen LogP contribution in [0.25, 0.3) is 0 Å². The molecule has 0 bridgehead atoms. The van der Waals surface area contributed by atoms with Crippen molar-refractivity contribution >= 4 is 0 Å². The predicted octanol–water partition coefficient (Wildman–Crippen LogP) is 4.37. The Labute approximate surface area is 129 Å². The molecule has 114 valence electrons. The van der Waals surface area contributed by atoms with Crippen molar-refractivity contribution in [3.8, 4) is 6.07 Å². The van der Waals surface area contributed by atoms with Gasteiger partial charge in [0.15, 0.2) is 0 Å². The molecular formula is C19H28N2. The van der Waals surface area contributed by atoms with E-state index in [1.807, 2.05) is 6.07 Å². The second kappa shape index (κ2) is 7.61. The van der Waals surface area contributed by atoms with Gasteiger partial charge in [-0.15, -0.1) is 0 Å². The van der Waals surface area contributed by atoms with Gasteiger partial charge in [0.25, 0.3) is 0 Å². The topological polar surface area (TPSA) is 27.0 Å². The van der Waals surface area contributed by atoms with E-state index in [0.29, 0.717) is 5.92 Å². The minimum Gasteiger partial charge on any atom is -0.303 e. The molecular weight excluding hydrogens is 256 g/mol. The van der Waals surface area contributed by atoms with E-state index in [1.165, 1.54) is 37.9 Å². The van der Waals surface area contributed by atoms with Crippen molar-refractivity contribution in [3.63, 3.8) is 0 Å². The van der Waals surface area contributed by atoms with Crippen molar-refractivity contribution in [2.75, 3.05) is 19.6 Å². The first kappa shape index (κ1) is 16.0. The van der Waals surface area contributed by atoms with E-state index in [2.05, 4.69) is 49.1 Å². The van der Waals surface area contributed by atoms with Crippen molar-refractivity contribution < 1.29 is 0 Å². The fourth-order valence-corrected chi connectivity index (χ4v) is 3.51. The van der Waals surface area contributed by atoms with Crippen LogP contribution in [-0.2, 0) is 5.41 Å². The van der Waals surface area contributed by atoms with E-state index >= 15 is 0 Å². The van der Waals surface area contributed by atoms with Crippen LogP contribution in [0.5, 0.6) is 0 Å². The van der Waals surface area contributed by atoms with Gasteiger partial charge in [-0.1, -0.05) is 57.0 Å². The SMILES string of the molecule is CCC(C)C(C#N)(CCN1CCCCC1)c1ccccc1. The number of nitriles is 1. The molecule has 1 aromatic rings. The van der Waals surface area contributed by atoms with Crippen molar-refractivity contribution in [2.24, 2.45) is 5.92 Å². The summed E-state index contributed by atoms with van der Waals surface area (Å²) in [5.74, 6) is 0.384. The normalized spacial score (nSPS) is 20.4. The quantitative estimate of drug-likeness (QED) is 0.775. The summed E-state index contributed by atoms with van der Waals surface area (Å²) in [6, 6.07) is 13.1. The molecule has 21 heavy (non-hydrogen) atoms. The molecule has 0 saturated carbocycles. The molecule has 1 aliphatic rings. The lowest BCUT2D eigenvalue weighted by Crippen LogP contribution is -2.38. The van der Waals surface area contributed by atoms with Crippen molar-refractivity contribution in [1.29, 1.82) is 5.26 Å². The Morgan fingerprint density at radius 2 is 1.86 bits per heavy atom. The van der Waals surface area contributed by atoms with Crippen LogP contribution >= 0.6 is 0 Å². The molecule has 1 aliphatic heterocycles. The van der Waals surface area contributed by atoms with Crippen LogP contribution in [0.1, 0.15) is 51.5 Å². The minimum atomic E-state index is -0.340. The van der Waals surface area contributed by atoms with Gasteiger partial charge in [0.1, 0.15) is 0 Å². The molecule has 2 atom stereocenters. The molecule has 2 rings (SSSR count). The lowest BCUT2D eigenvalue weighted by Gasteiger charge is -2.36. The van der Waals surface area contributed by atoms with E-state index in [-0.39, 0.29) is 5.41 Å². The van der Waals surface area contributed by atoms with Gasteiger partial charge in [-0.3, -0.25) is 0 Å². The van der Waals surface area contributed by atoms with E-state index in [0.717, 1.165) is 19.4 Å². The van der Waals surface area contributed by atoms with Crippen LogP contribution in [0.3, 0.4) is 0 Å². The zero-order valence-electron chi connectivity index (χ0n) is 13.5. The summed E-state index contributed by atoms with van der Waals surface area (Å²) in [5.41, 5.74) is 0.854. The molecule has 1 heterocycles. The van der Waals surface area contributed by atoms with Gasteiger partial charge in [-0.05, 0) is 50.4 Å². The van der Waals surface area contributed by atoms with E-state index in [1.54, 1.807) is 0 Å². The number of rotatable bonds is 6. The molecule has 2 heteroatoms. The molecule has 0 radical (unpaired) electrons. The minimum absolute atomic E-state index is 0.340. The summed E-state index contributed by atoms with van der Waals surface area (Å²) in [7, 11) is 0. The summed E-state index contributed by atoms with van der Waals surface area (Å²) in [5, 5.41) is 9.99. The van der Waals surface area contributed by atoms with Crippen LogP contribution in [0.4, 0.5) is 0 Å². The third kappa shape index (κ3) is 3.66. The molecule has 0 spiro atoms. The second-order valence-corrected chi connectivity index (χ2v) is 6.41. The van der Waals surface area contributed by atoms with Gasteiger partial charge in [-0.2, -0.15) is 5.26 Å². The number of piperidine rings is 1. The van der Waals surface area contributed by atoms with Gasteiger partial charge in [-0.25, -0.2) is 0 Å². The standard InChI is InChI=1S/C19H28N2/c1-3-17(2)19(16-20,18-10-6-4-7-11-18)12-15-21-13-8-5-9-14-21/h4,6-7,10-11,17H,3,5,8-9,12-15H2,1-2H3. The Balaban J connectivity index is 2.17. The zero-order chi connectivity index (χ0) is 15.1. The van der Waals surface area contributed by atoms with E-state index in [9.17, 15) is 5.26 Å². The van der Waals surface area contributed by atoms with Gasteiger partial charge >= 0.3 is 0 Å². The first-order chi connectivity index (χ1) is 10.2. The van der Waals surface area contributed by atoms with Crippen LogP contribution in [0.2, 0.25) is 0 Å². The molecule has 0 aliphatic carbocycles. The van der Waals surface area contributed by atoms with E-state index in [4.69, 9.17) is 0 Å². The van der Waals surface area contributed by atoms with Crippen molar-refractivity contribution in [1.82, 2.24) is 4.90 Å². The van der Waals surface area contributed by atoms with Crippen molar-refractivity contribution in [3.05, 3.63) is 35.9 Å². The lowest BCUT2D eigenvalue weighted by atomic mass is 9.68. The average Bonchev–Trinajstić information content (AvgIpc) is 2.57. The molecule has 0 N–H and O–H groups in total. The summed E-state index contributed by atoms with van der Waals surface area (Å²) in [6.45, 7) is 7.88. The zero-order valence-corrected chi connectivity index (χ0v) is 13.5. The summed E-state index contributed by atoms with van der Waals surface area (Å²) in [4.78, 5) is 2.54. The van der Waals surface area contributed by atoms with Gasteiger partial charge in [0.2, 0.25) is 0 Å². The number of nitrogens with zero attached hydrogens (tertiary/aromatic N) is 2. The average molecular weight is 284 g/mol. The predicted molar refractivity (Wildman–Crippen MR) is 88.1 cm³/mol. The smallest absolute Gasteiger partial charge is 0.0859 e. The van der Waals surface area contributed by atoms with Gasteiger partial charge in [0, 0.05) is 0 Å². The Morgan fingerprint density at radius 1 is 1.19 bits per heavy atom. The number of benzene rings is 1. The fourth-order valence-electron chi connectivity index (χ4n) is 3.51. The third-order valence-electron chi connectivity index (χ3n) is 5.21. The molecule has 0 amide bonds. The monoisotopic (exact) mass is 284 g/mol. The van der Waals surface area contributed by atoms with Crippen LogP contribution in [-0.4, -0.2) is 24.5 Å². The molecule has 1 aromatic carbocycles.